The third-order valence-electron chi connectivity index (χ3n) is 5.16. The van der Waals surface area contributed by atoms with Crippen LogP contribution in [-0.4, -0.2) is 59.7 Å². The van der Waals surface area contributed by atoms with E-state index in [2.05, 4.69) is 10.0 Å². The van der Waals surface area contributed by atoms with Crippen LogP contribution in [0.4, 0.5) is 11.4 Å². The van der Waals surface area contributed by atoms with Gasteiger partial charge in [0, 0.05) is 31.9 Å². The van der Waals surface area contributed by atoms with E-state index in [1.54, 1.807) is 26.0 Å². The lowest BCUT2D eigenvalue weighted by atomic mass is 9.97. The molecule has 0 spiro atoms. The molecule has 10 heteroatoms. The van der Waals surface area contributed by atoms with Crippen LogP contribution in [0.1, 0.15) is 40.0 Å². The van der Waals surface area contributed by atoms with Crippen molar-refractivity contribution in [2.75, 3.05) is 43.6 Å². The number of carbonyl (C=O) groups is 2. The van der Waals surface area contributed by atoms with Crippen molar-refractivity contribution in [1.82, 2.24) is 4.72 Å². The third-order valence-corrected chi connectivity index (χ3v) is 6.78. The minimum atomic E-state index is -3.86. The summed E-state index contributed by atoms with van der Waals surface area (Å²) >= 11 is 0. The van der Waals surface area contributed by atoms with Gasteiger partial charge in [-0.25, -0.2) is 13.1 Å². The molecule has 2 rings (SSSR count). The molecule has 1 heterocycles. The molecule has 0 saturated carbocycles. The first-order valence-corrected chi connectivity index (χ1v) is 12.1. The highest BCUT2D eigenvalue weighted by atomic mass is 32.2. The maximum absolute atomic E-state index is 13.2. The molecule has 1 aromatic rings. The van der Waals surface area contributed by atoms with E-state index in [1.807, 2.05) is 11.8 Å². The smallest absolute Gasteiger partial charge is 0.310 e. The number of nitrogens with zero attached hydrogens (tertiary/aromatic N) is 1. The van der Waals surface area contributed by atoms with Gasteiger partial charge in [0.25, 0.3) is 0 Å². The van der Waals surface area contributed by atoms with Crippen LogP contribution in [0.25, 0.3) is 0 Å². The Morgan fingerprint density at radius 2 is 2.03 bits per heavy atom. The summed E-state index contributed by atoms with van der Waals surface area (Å²) in [5.74, 6) is -0.959. The highest BCUT2D eigenvalue weighted by molar-refractivity contribution is 7.89. The van der Waals surface area contributed by atoms with Crippen molar-refractivity contribution in [1.29, 1.82) is 0 Å². The molecule has 2 atom stereocenters. The molecule has 0 aliphatic carbocycles. The number of benzene rings is 1. The number of hydrogen-bond donors (Lipinski definition) is 2. The summed E-state index contributed by atoms with van der Waals surface area (Å²) in [7, 11) is -2.45. The van der Waals surface area contributed by atoms with Gasteiger partial charge in [0.15, 0.2) is 0 Å². The largest absolute Gasteiger partial charge is 0.466 e. The molecule has 1 aliphatic rings. The number of sulfonamides is 1. The number of esters is 1. The number of carbonyl (C=O) groups excluding carboxylic acids is 2. The average molecular weight is 456 g/mol. The van der Waals surface area contributed by atoms with E-state index in [4.69, 9.17) is 9.47 Å². The van der Waals surface area contributed by atoms with Crippen molar-refractivity contribution in [3.05, 3.63) is 18.2 Å². The summed E-state index contributed by atoms with van der Waals surface area (Å²) in [6.45, 7) is 6.62. The monoisotopic (exact) mass is 455 g/mol. The number of methoxy groups -OCH3 is 1. The van der Waals surface area contributed by atoms with Crippen molar-refractivity contribution in [2.24, 2.45) is 5.92 Å². The van der Waals surface area contributed by atoms with E-state index in [0.717, 1.165) is 6.42 Å². The van der Waals surface area contributed by atoms with E-state index in [9.17, 15) is 18.0 Å². The van der Waals surface area contributed by atoms with Crippen LogP contribution < -0.4 is 14.9 Å². The zero-order valence-electron chi connectivity index (χ0n) is 18.6. The first-order chi connectivity index (χ1) is 14.7. The van der Waals surface area contributed by atoms with E-state index >= 15 is 0 Å². The number of amides is 1. The van der Waals surface area contributed by atoms with Gasteiger partial charge in [-0.15, -0.1) is 0 Å². The molecule has 1 fully saturated rings. The summed E-state index contributed by atoms with van der Waals surface area (Å²) < 4.78 is 39.0. The zero-order chi connectivity index (χ0) is 23.0. The Morgan fingerprint density at radius 3 is 2.68 bits per heavy atom. The Kier molecular flexibility index (Phi) is 9.27. The zero-order valence-corrected chi connectivity index (χ0v) is 19.5. The lowest BCUT2D eigenvalue weighted by molar-refractivity contribution is -0.148. The molecule has 31 heavy (non-hydrogen) atoms. The van der Waals surface area contributed by atoms with Gasteiger partial charge in [-0.1, -0.05) is 6.92 Å². The van der Waals surface area contributed by atoms with Crippen LogP contribution >= 0.6 is 0 Å². The Bertz CT molecular complexity index is 874. The average Bonchev–Trinajstić information content (AvgIpc) is 2.73. The summed E-state index contributed by atoms with van der Waals surface area (Å²) in [6.07, 6.45) is 2.08. The van der Waals surface area contributed by atoms with E-state index in [0.29, 0.717) is 43.9 Å². The molecule has 1 amide bonds. The van der Waals surface area contributed by atoms with Gasteiger partial charge in [0.1, 0.15) is 11.5 Å². The first kappa shape index (κ1) is 25.1. The summed E-state index contributed by atoms with van der Waals surface area (Å²) in [6, 6.07) is 4.51. The number of anilines is 2. The fourth-order valence-corrected chi connectivity index (χ4v) is 5.03. The third kappa shape index (κ3) is 6.91. The normalized spacial score (nSPS) is 17.8. The van der Waals surface area contributed by atoms with Gasteiger partial charge >= 0.3 is 5.97 Å². The molecule has 174 valence electrons. The SMILES string of the molecule is CCOC(=O)[C@@H]1CCCN(c2ccc(NC(=O)COC)cc2S(=O)(=O)N[C@@H](C)CC)C1. The molecule has 0 unspecified atom stereocenters. The van der Waals surface area contributed by atoms with E-state index < -0.39 is 10.0 Å². The van der Waals surface area contributed by atoms with Gasteiger partial charge in [0.05, 0.1) is 18.2 Å². The van der Waals surface area contributed by atoms with E-state index in [1.165, 1.54) is 13.2 Å². The minimum absolute atomic E-state index is 0.0625. The lowest BCUT2D eigenvalue weighted by Gasteiger charge is -2.34. The van der Waals surface area contributed by atoms with Crippen LogP contribution in [-0.2, 0) is 29.1 Å². The maximum atomic E-state index is 13.2. The van der Waals surface area contributed by atoms with Crippen molar-refractivity contribution in [3.8, 4) is 0 Å². The molecule has 1 saturated heterocycles. The molecule has 0 aromatic heterocycles. The highest BCUT2D eigenvalue weighted by Crippen LogP contribution is 2.32. The van der Waals surface area contributed by atoms with Crippen LogP contribution in [0, 0.1) is 5.92 Å². The molecule has 0 bridgehead atoms. The molecule has 1 aromatic carbocycles. The van der Waals surface area contributed by atoms with Crippen molar-refractivity contribution in [3.63, 3.8) is 0 Å². The number of rotatable bonds is 10. The molecule has 2 N–H and O–H groups in total. The standard InChI is InChI=1S/C21H33N3O6S/c1-5-15(3)23-31(27,28)19-12-17(22-20(25)14-29-4)9-10-18(19)24-11-7-8-16(13-24)21(26)30-6-2/h9-10,12,15-16,23H,5-8,11,13-14H2,1-4H3,(H,22,25)/t15-,16+/m0/s1. The first-order valence-electron chi connectivity index (χ1n) is 10.6. The number of ether oxygens (including phenoxy) is 2. The topological polar surface area (TPSA) is 114 Å². The Hall–Kier alpha value is -2.17. The number of hydrogen-bond acceptors (Lipinski definition) is 7. The summed E-state index contributed by atoms with van der Waals surface area (Å²) in [4.78, 5) is 26.1. The lowest BCUT2D eigenvalue weighted by Crippen LogP contribution is -2.41. The van der Waals surface area contributed by atoms with Gasteiger partial charge in [-0.2, -0.15) is 0 Å². The second kappa shape index (κ2) is 11.4. The molecule has 1 aliphatic heterocycles. The Labute approximate surface area is 184 Å². The van der Waals surface area contributed by atoms with Gasteiger partial charge in [-0.3, -0.25) is 9.59 Å². The fourth-order valence-electron chi connectivity index (χ4n) is 3.46. The molecule has 0 radical (unpaired) electrons. The minimum Gasteiger partial charge on any atom is -0.466 e. The predicted octanol–water partition coefficient (Wildman–Crippen LogP) is 2.13. The second-order valence-corrected chi connectivity index (χ2v) is 9.31. The number of nitrogens with one attached hydrogen (secondary N) is 2. The van der Waals surface area contributed by atoms with E-state index in [-0.39, 0.29) is 35.3 Å². The van der Waals surface area contributed by atoms with Crippen molar-refractivity contribution < 1.29 is 27.5 Å². The van der Waals surface area contributed by atoms with Gasteiger partial charge < -0.3 is 19.7 Å². The van der Waals surface area contributed by atoms with Gasteiger partial charge in [-0.05, 0) is 51.3 Å². The second-order valence-electron chi connectivity index (χ2n) is 7.63. The maximum Gasteiger partial charge on any atom is 0.310 e. The van der Waals surface area contributed by atoms with Gasteiger partial charge in [0.2, 0.25) is 15.9 Å². The van der Waals surface area contributed by atoms with Crippen LogP contribution in [0.15, 0.2) is 23.1 Å². The van der Waals surface area contributed by atoms with Crippen LogP contribution in [0.5, 0.6) is 0 Å². The summed E-state index contributed by atoms with van der Waals surface area (Å²) in [5, 5.41) is 2.65. The molecule has 9 nitrogen and oxygen atoms in total. The number of piperidine rings is 1. The van der Waals surface area contributed by atoms with Crippen molar-refractivity contribution >= 4 is 33.3 Å². The van der Waals surface area contributed by atoms with Crippen molar-refractivity contribution in [2.45, 2.75) is 51.0 Å². The Balaban J connectivity index is 2.40. The Morgan fingerprint density at radius 1 is 1.29 bits per heavy atom. The quantitative estimate of drug-likeness (QED) is 0.520. The van der Waals surface area contributed by atoms with Crippen LogP contribution in [0.3, 0.4) is 0 Å². The molecular weight excluding hydrogens is 422 g/mol. The van der Waals surface area contributed by atoms with Crippen LogP contribution in [0.2, 0.25) is 0 Å². The molecular formula is C21H33N3O6S. The predicted molar refractivity (Wildman–Crippen MR) is 119 cm³/mol. The fraction of sp³-hybridized carbons (Fsp3) is 0.619. The highest BCUT2D eigenvalue weighted by Gasteiger charge is 2.31. The summed E-state index contributed by atoms with van der Waals surface area (Å²) in [5.41, 5.74) is 0.851.